The molecule has 3 nitrogen and oxygen atoms in total. The Morgan fingerprint density at radius 1 is 1.40 bits per heavy atom. The molecule has 0 aliphatic heterocycles. The van der Waals surface area contributed by atoms with Crippen LogP contribution in [0.5, 0.6) is 0 Å². The van der Waals surface area contributed by atoms with Crippen LogP contribution < -0.4 is 10.2 Å². The topological polar surface area (TPSA) is 24.5 Å². The third-order valence-electron chi connectivity index (χ3n) is 3.74. The molecule has 0 radical (unpaired) electrons. The fourth-order valence-electron chi connectivity index (χ4n) is 2.44. The minimum atomic E-state index is -0.112. The minimum absolute atomic E-state index is 0.112. The predicted molar refractivity (Wildman–Crippen MR) is 80.6 cm³/mol. The van der Waals surface area contributed by atoms with Crippen molar-refractivity contribution in [2.75, 3.05) is 38.3 Å². The first kappa shape index (κ1) is 15.3. The quantitative estimate of drug-likeness (QED) is 0.704. The lowest BCUT2D eigenvalue weighted by atomic mass is 10.1. The van der Waals surface area contributed by atoms with Crippen LogP contribution in [0, 0.1) is 11.7 Å². The van der Waals surface area contributed by atoms with Crippen LogP contribution in [-0.2, 0) is 11.3 Å². The second-order valence-corrected chi connectivity index (χ2v) is 5.40. The van der Waals surface area contributed by atoms with E-state index >= 15 is 0 Å². The first-order valence-corrected chi connectivity index (χ1v) is 7.48. The maximum atomic E-state index is 14.2. The number of nitrogens with one attached hydrogen (secondary N) is 1. The number of hydrogen-bond donors (Lipinski definition) is 1. The Morgan fingerprint density at radius 2 is 2.20 bits per heavy atom. The van der Waals surface area contributed by atoms with Crippen molar-refractivity contribution in [1.29, 1.82) is 0 Å². The summed E-state index contributed by atoms with van der Waals surface area (Å²) in [6, 6.07) is 5.36. The number of methoxy groups -OCH3 is 1. The molecule has 1 saturated carbocycles. The molecule has 2 rings (SSSR count). The number of halogens is 1. The Bertz CT molecular complexity index is 421. The lowest BCUT2D eigenvalue weighted by molar-refractivity contribution is 0.199. The number of rotatable bonds is 9. The average Bonchev–Trinajstić information content (AvgIpc) is 3.26. The number of hydrogen-bond acceptors (Lipinski definition) is 3. The summed E-state index contributed by atoms with van der Waals surface area (Å²) in [6.07, 6.45) is 2.57. The maximum absolute atomic E-state index is 14.2. The molecule has 0 atom stereocenters. The standard InChI is InChI=1S/C16H25FN2O/c1-3-19(12-13-7-8-13)16-14(5-4-6-15(16)17)11-18-9-10-20-2/h4-6,13,18H,3,7-12H2,1-2H3. The van der Waals surface area contributed by atoms with Crippen molar-refractivity contribution in [2.45, 2.75) is 26.3 Å². The van der Waals surface area contributed by atoms with E-state index in [2.05, 4.69) is 17.1 Å². The predicted octanol–water partition coefficient (Wildman–Crippen LogP) is 2.80. The summed E-state index contributed by atoms with van der Waals surface area (Å²) in [5.41, 5.74) is 1.80. The first-order chi connectivity index (χ1) is 9.76. The molecule has 1 fully saturated rings. The molecule has 112 valence electrons. The van der Waals surface area contributed by atoms with Crippen molar-refractivity contribution in [2.24, 2.45) is 5.92 Å². The summed E-state index contributed by atoms with van der Waals surface area (Å²) in [6.45, 7) is 6.05. The Labute approximate surface area is 121 Å². The molecule has 4 heteroatoms. The molecule has 0 heterocycles. The summed E-state index contributed by atoms with van der Waals surface area (Å²) in [7, 11) is 1.68. The highest BCUT2D eigenvalue weighted by molar-refractivity contribution is 5.55. The summed E-state index contributed by atoms with van der Waals surface area (Å²) in [4.78, 5) is 2.18. The maximum Gasteiger partial charge on any atom is 0.146 e. The van der Waals surface area contributed by atoms with Crippen LogP contribution in [0.4, 0.5) is 10.1 Å². The molecule has 1 aromatic carbocycles. The van der Waals surface area contributed by atoms with Gasteiger partial charge in [0.25, 0.3) is 0 Å². The van der Waals surface area contributed by atoms with Gasteiger partial charge in [-0.3, -0.25) is 0 Å². The molecule has 1 aliphatic carbocycles. The minimum Gasteiger partial charge on any atom is -0.383 e. The number of nitrogens with zero attached hydrogens (tertiary/aromatic N) is 1. The molecule has 20 heavy (non-hydrogen) atoms. The lowest BCUT2D eigenvalue weighted by Gasteiger charge is -2.26. The van der Waals surface area contributed by atoms with Gasteiger partial charge in [0.1, 0.15) is 5.82 Å². The molecule has 1 aromatic rings. The smallest absolute Gasteiger partial charge is 0.146 e. The van der Waals surface area contributed by atoms with Crippen molar-refractivity contribution in [3.8, 4) is 0 Å². The second kappa shape index (κ2) is 7.60. The van der Waals surface area contributed by atoms with Crippen LogP contribution in [0.2, 0.25) is 0 Å². The van der Waals surface area contributed by atoms with Crippen molar-refractivity contribution in [3.63, 3.8) is 0 Å². The normalized spacial score (nSPS) is 14.6. The van der Waals surface area contributed by atoms with Gasteiger partial charge in [-0.2, -0.15) is 0 Å². The van der Waals surface area contributed by atoms with Crippen molar-refractivity contribution >= 4 is 5.69 Å². The van der Waals surface area contributed by atoms with Gasteiger partial charge in [0.05, 0.1) is 12.3 Å². The number of anilines is 1. The Hall–Kier alpha value is -1.13. The number of ether oxygens (including phenoxy) is 1. The van der Waals surface area contributed by atoms with E-state index in [1.807, 2.05) is 6.07 Å². The van der Waals surface area contributed by atoms with Gasteiger partial charge < -0.3 is 15.0 Å². The Balaban J connectivity index is 2.07. The summed E-state index contributed by atoms with van der Waals surface area (Å²) in [5, 5.41) is 3.30. The van der Waals surface area contributed by atoms with Crippen LogP contribution in [0.3, 0.4) is 0 Å². The summed E-state index contributed by atoms with van der Waals surface area (Å²) in [5.74, 6) is 0.641. The molecule has 0 bridgehead atoms. The number of benzene rings is 1. The van der Waals surface area contributed by atoms with Crippen LogP contribution in [0.1, 0.15) is 25.3 Å². The third kappa shape index (κ3) is 4.18. The van der Waals surface area contributed by atoms with Crippen LogP contribution in [0.25, 0.3) is 0 Å². The van der Waals surface area contributed by atoms with E-state index in [-0.39, 0.29) is 5.82 Å². The zero-order chi connectivity index (χ0) is 14.4. The van der Waals surface area contributed by atoms with Crippen LogP contribution in [-0.4, -0.2) is 33.4 Å². The van der Waals surface area contributed by atoms with Gasteiger partial charge in [-0.05, 0) is 37.3 Å². The largest absolute Gasteiger partial charge is 0.383 e. The number of para-hydroxylation sites is 1. The van der Waals surface area contributed by atoms with E-state index in [0.29, 0.717) is 13.2 Å². The molecule has 1 aliphatic rings. The lowest BCUT2D eigenvalue weighted by Crippen LogP contribution is -2.28. The van der Waals surface area contributed by atoms with E-state index in [4.69, 9.17) is 4.74 Å². The molecular formula is C16H25FN2O. The fraction of sp³-hybridized carbons (Fsp3) is 0.625. The zero-order valence-electron chi connectivity index (χ0n) is 12.5. The summed E-state index contributed by atoms with van der Waals surface area (Å²) < 4.78 is 19.3. The van der Waals surface area contributed by atoms with Gasteiger partial charge in [-0.1, -0.05) is 12.1 Å². The van der Waals surface area contributed by atoms with Crippen molar-refractivity contribution in [3.05, 3.63) is 29.6 Å². The van der Waals surface area contributed by atoms with Gasteiger partial charge in [-0.15, -0.1) is 0 Å². The molecule has 0 saturated heterocycles. The molecular weight excluding hydrogens is 255 g/mol. The van der Waals surface area contributed by atoms with Crippen LogP contribution in [0.15, 0.2) is 18.2 Å². The molecule has 0 unspecified atom stereocenters. The van der Waals surface area contributed by atoms with Gasteiger partial charge in [0.2, 0.25) is 0 Å². The SMILES string of the molecule is CCN(CC1CC1)c1c(F)cccc1CNCCOC. The van der Waals surface area contributed by atoms with Gasteiger partial charge in [0.15, 0.2) is 0 Å². The summed E-state index contributed by atoms with van der Waals surface area (Å²) >= 11 is 0. The highest BCUT2D eigenvalue weighted by Crippen LogP contribution is 2.33. The third-order valence-corrected chi connectivity index (χ3v) is 3.74. The molecule has 1 N–H and O–H groups in total. The van der Waals surface area contributed by atoms with Gasteiger partial charge in [0, 0.05) is 33.3 Å². The fourth-order valence-corrected chi connectivity index (χ4v) is 2.44. The van der Waals surface area contributed by atoms with Crippen LogP contribution >= 0.6 is 0 Å². The Kier molecular flexibility index (Phi) is 5.80. The van der Waals surface area contributed by atoms with Crippen molar-refractivity contribution < 1.29 is 9.13 Å². The van der Waals surface area contributed by atoms with Gasteiger partial charge >= 0.3 is 0 Å². The molecule has 0 amide bonds. The molecule has 0 spiro atoms. The van der Waals surface area contributed by atoms with E-state index in [9.17, 15) is 4.39 Å². The van der Waals surface area contributed by atoms with Crippen molar-refractivity contribution in [1.82, 2.24) is 5.32 Å². The second-order valence-electron chi connectivity index (χ2n) is 5.40. The first-order valence-electron chi connectivity index (χ1n) is 7.48. The molecule has 0 aromatic heterocycles. The Morgan fingerprint density at radius 3 is 2.85 bits per heavy atom. The monoisotopic (exact) mass is 280 g/mol. The van der Waals surface area contributed by atoms with E-state index in [1.165, 1.54) is 12.8 Å². The highest BCUT2D eigenvalue weighted by atomic mass is 19.1. The highest BCUT2D eigenvalue weighted by Gasteiger charge is 2.25. The zero-order valence-corrected chi connectivity index (χ0v) is 12.5. The van der Waals surface area contributed by atoms with E-state index in [1.54, 1.807) is 19.2 Å². The van der Waals surface area contributed by atoms with E-state index < -0.39 is 0 Å². The average molecular weight is 280 g/mol. The van der Waals surface area contributed by atoms with Gasteiger partial charge in [-0.25, -0.2) is 4.39 Å². The van der Waals surface area contributed by atoms with E-state index in [0.717, 1.165) is 36.8 Å².